The zero-order valence-electron chi connectivity index (χ0n) is 6.79. The lowest BCUT2D eigenvalue weighted by Crippen LogP contribution is -2.27. The minimum atomic E-state index is -0.324. The molecular weight excluding hydrogens is 142 g/mol. The van der Waals surface area contributed by atoms with Gasteiger partial charge in [-0.3, -0.25) is 0 Å². The number of aliphatic hydroxyl groups excluding tert-OH is 2. The molecule has 3 heteroatoms. The predicted molar refractivity (Wildman–Crippen MR) is 43.4 cm³/mol. The molecule has 1 saturated heterocycles. The average Bonchev–Trinajstić information content (AvgIpc) is 2.40. The molecule has 0 aromatic carbocycles. The van der Waals surface area contributed by atoms with Crippen LogP contribution in [0.1, 0.15) is 25.7 Å². The average molecular weight is 159 g/mol. The van der Waals surface area contributed by atoms with E-state index in [0.717, 1.165) is 13.0 Å². The summed E-state index contributed by atoms with van der Waals surface area (Å²) in [5.41, 5.74) is 0. The van der Waals surface area contributed by atoms with Crippen molar-refractivity contribution in [2.75, 3.05) is 13.2 Å². The van der Waals surface area contributed by atoms with Crippen molar-refractivity contribution < 1.29 is 10.2 Å². The van der Waals surface area contributed by atoms with Crippen molar-refractivity contribution >= 4 is 0 Å². The summed E-state index contributed by atoms with van der Waals surface area (Å²) in [7, 11) is 0. The Morgan fingerprint density at radius 1 is 1.55 bits per heavy atom. The first-order chi connectivity index (χ1) is 5.33. The number of rotatable bonds is 4. The van der Waals surface area contributed by atoms with E-state index in [1.54, 1.807) is 0 Å². The third-order valence-corrected chi connectivity index (χ3v) is 2.18. The van der Waals surface area contributed by atoms with Crippen molar-refractivity contribution in [1.82, 2.24) is 5.32 Å². The highest BCUT2D eigenvalue weighted by Gasteiger charge is 2.17. The molecule has 1 fully saturated rings. The topological polar surface area (TPSA) is 52.5 Å². The first kappa shape index (κ1) is 8.97. The zero-order valence-corrected chi connectivity index (χ0v) is 6.79. The van der Waals surface area contributed by atoms with Crippen LogP contribution in [0.3, 0.4) is 0 Å². The van der Waals surface area contributed by atoms with Gasteiger partial charge >= 0.3 is 0 Å². The fourth-order valence-corrected chi connectivity index (χ4v) is 1.55. The number of hydrogen-bond acceptors (Lipinski definition) is 3. The number of hydrogen-bond donors (Lipinski definition) is 3. The van der Waals surface area contributed by atoms with Gasteiger partial charge in [-0.05, 0) is 32.2 Å². The standard InChI is InChI=1S/C8H17NO2/c10-5-3-8(11)6-7-2-1-4-9-7/h7-11H,1-6H2. The van der Waals surface area contributed by atoms with Crippen LogP contribution in [0.15, 0.2) is 0 Å². The van der Waals surface area contributed by atoms with Gasteiger partial charge in [-0.25, -0.2) is 0 Å². The van der Waals surface area contributed by atoms with Gasteiger partial charge in [0.05, 0.1) is 6.10 Å². The first-order valence-corrected chi connectivity index (χ1v) is 4.35. The molecule has 3 nitrogen and oxygen atoms in total. The van der Waals surface area contributed by atoms with E-state index < -0.39 is 0 Å². The third kappa shape index (κ3) is 3.18. The van der Waals surface area contributed by atoms with Crippen LogP contribution in [0.2, 0.25) is 0 Å². The van der Waals surface area contributed by atoms with Crippen molar-refractivity contribution in [3.63, 3.8) is 0 Å². The molecular formula is C8H17NO2. The molecule has 1 aliphatic rings. The van der Waals surface area contributed by atoms with Gasteiger partial charge in [0.25, 0.3) is 0 Å². The van der Waals surface area contributed by atoms with Gasteiger partial charge in [0.2, 0.25) is 0 Å². The molecule has 1 aliphatic heterocycles. The smallest absolute Gasteiger partial charge is 0.0576 e. The van der Waals surface area contributed by atoms with Gasteiger partial charge in [0.1, 0.15) is 0 Å². The molecule has 0 radical (unpaired) electrons. The highest BCUT2D eigenvalue weighted by Crippen LogP contribution is 2.12. The van der Waals surface area contributed by atoms with Gasteiger partial charge < -0.3 is 15.5 Å². The maximum absolute atomic E-state index is 9.31. The van der Waals surface area contributed by atoms with E-state index in [-0.39, 0.29) is 12.7 Å². The molecule has 1 rings (SSSR count). The maximum Gasteiger partial charge on any atom is 0.0576 e. The van der Waals surface area contributed by atoms with Crippen molar-refractivity contribution in [2.24, 2.45) is 0 Å². The number of aliphatic hydroxyl groups is 2. The molecule has 1 heterocycles. The molecule has 0 saturated carbocycles. The van der Waals surface area contributed by atoms with Crippen molar-refractivity contribution in [1.29, 1.82) is 0 Å². The van der Waals surface area contributed by atoms with Crippen LogP contribution in [0, 0.1) is 0 Å². The van der Waals surface area contributed by atoms with Crippen LogP contribution < -0.4 is 5.32 Å². The second kappa shape index (κ2) is 4.70. The van der Waals surface area contributed by atoms with E-state index in [1.165, 1.54) is 12.8 Å². The molecule has 11 heavy (non-hydrogen) atoms. The van der Waals surface area contributed by atoms with Crippen LogP contribution in [0.4, 0.5) is 0 Å². The summed E-state index contributed by atoms with van der Waals surface area (Å²) in [6, 6.07) is 0.483. The second-order valence-electron chi connectivity index (χ2n) is 3.20. The molecule has 0 bridgehead atoms. The van der Waals surface area contributed by atoms with E-state index in [9.17, 15) is 5.11 Å². The van der Waals surface area contributed by atoms with E-state index in [1.807, 2.05) is 0 Å². The Kier molecular flexibility index (Phi) is 3.83. The van der Waals surface area contributed by atoms with Gasteiger partial charge in [-0.15, -0.1) is 0 Å². The summed E-state index contributed by atoms with van der Waals surface area (Å²) in [6.07, 6.45) is 3.37. The molecule has 0 amide bonds. The molecule has 3 N–H and O–H groups in total. The fourth-order valence-electron chi connectivity index (χ4n) is 1.55. The van der Waals surface area contributed by atoms with Crippen LogP contribution in [0.25, 0.3) is 0 Å². The monoisotopic (exact) mass is 159 g/mol. The van der Waals surface area contributed by atoms with Crippen molar-refractivity contribution in [3.8, 4) is 0 Å². The quantitative estimate of drug-likeness (QED) is 0.535. The van der Waals surface area contributed by atoms with E-state index in [4.69, 9.17) is 5.11 Å². The Morgan fingerprint density at radius 2 is 2.36 bits per heavy atom. The minimum Gasteiger partial charge on any atom is -0.396 e. The SMILES string of the molecule is OCCC(O)CC1CCCN1. The van der Waals surface area contributed by atoms with Crippen LogP contribution >= 0.6 is 0 Å². The Balaban J connectivity index is 2.08. The maximum atomic E-state index is 9.31. The Morgan fingerprint density at radius 3 is 2.91 bits per heavy atom. The summed E-state index contributed by atoms with van der Waals surface area (Å²) in [5, 5.41) is 21.1. The van der Waals surface area contributed by atoms with Crippen molar-refractivity contribution in [3.05, 3.63) is 0 Å². The van der Waals surface area contributed by atoms with Gasteiger partial charge in [-0.1, -0.05) is 0 Å². The van der Waals surface area contributed by atoms with E-state index in [2.05, 4.69) is 5.32 Å². The zero-order chi connectivity index (χ0) is 8.10. The molecule has 2 atom stereocenters. The van der Waals surface area contributed by atoms with Gasteiger partial charge in [0, 0.05) is 12.6 Å². The van der Waals surface area contributed by atoms with E-state index >= 15 is 0 Å². The van der Waals surface area contributed by atoms with Crippen LogP contribution in [-0.4, -0.2) is 35.5 Å². The summed E-state index contributed by atoms with van der Waals surface area (Å²) in [4.78, 5) is 0. The fraction of sp³-hybridized carbons (Fsp3) is 1.00. The Bertz CT molecular complexity index is 102. The lowest BCUT2D eigenvalue weighted by molar-refractivity contribution is 0.116. The summed E-state index contributed by atoms with van der Waals surface area (Å²) in [6.45, 7) is 1.17. The lowest BCUT2D eigenvalue weighted by atomic mass is 10.1. The van der Waals surface area contributed by atoms with Crippen LogP contribution in [0.5, 0.6) is 0 Å². The van der Waals surface area contributed by atoms with Gasteiger partial charge in [-0.2, -0.15) is 0 Å². The molecule has 0 aromatic heterocycles. The Hall–Kier alpha value is -0.120. The normalized spacial score (nSPS) is 27.3. The summed E-state index contributed by atoms with van der Waals surface area (Å²) in [5.74, 6) is 0. The third-order valence-electron chi connectivity index (χ3n) is 2.18. The molecule has 66 valence electrons. The summed E-state index contributed by atoms with van der Waals surface area (Å²) < 4.78 is 0. The molecule has 0 aliphatic carbocycles. The molecule has 0 aromatic rings. The first-order valence-electron chi connectivity index (χ1n) is 4.35. The highest BCUT2D eigenvalue weighted by atomic mass is 16.3. The molecule has 0 spiro atoms. The van der Waals surface area contributed by atoms with Gasteiger partial charge in [0.15, 0.2) is 0 Å². The predicted octanol–water partition coefficient (Wildman–Crippen LogP) is -0.128. The Labute approximate surface area is 67.4 Å². The van der Waals surface area contributed by atoms with Crippen LogP contribution in [-0.2, 0) is 0 Å². The summed E-state index contributed by atoms with van der Waals surface area (Å²) >= 11 is 0. The number of nitrogens with one attached hydrogen (secondary N) is 1. The highest BCUT2D eigenvalue weighted by molar-refractivity contribution is 4.76. The largest absolute Gasteiger partial charge is 0.396 e. The minimum absolute atomic E-state index is 0.0912. The second-order valence-corrected chi connectivity index (χ2v) is 3.20. The van der Waals surface area contributed by atoms with E-state index in [0.29, 0.717) is 12.5 Å². The molecule has 2 unspecified atom stereocenters. The van der Waals surface area contributed by atoms with Crippen molar-refractivity contribution in [2.45, 2.75) is 37.8 Å². The lowest BCUT2D eigenvalue weighted by Gasteiger charge is -2.14.